The minimum Gasteiger partial charge on any atom is -0.193 e. The predicted octanol–water partition coefficient (Wildman–Crippen LogP) is 2.47. The lowest BCUT2D eigenvalue weighted by Crippen LogP contribution is -2.09. The molecule has 0 aliphatic rings. The van der Waals surface area contributed by atoms with Crippen molar-refractivity contribution >= 4 is 7.94 Å². The lowest BCUT2D eigenvalue weighted by molar-refractivity contribution is 0.200. The van der Waals surface area contributed by atoms with Crippen LogP contribution in [0.4, 0.5) is 0 Å². The summed E-state index contributed by atoms with van der Waals surface area (Å²) in [6.45, 7) is 6.67. The first kappa shape index (κ1) is 12.3. The van der Waals surface area contributed by atoms with Gasteiger partial charge in [0.05, 0.1) is 13.7 Å². The van der Waals surface area contributed by atoms with Crippen molar-refractivity contribution in [2.75, 3.05) is 19.9 Å². The van der Waals surface area contributed by atoms with Crippen molar-refractivity contribution in [3.05, 3.63) is 0 Å². The minimum absolute atomic E-state index is 0.403. The van der Waals surface area contributed by atoms with Crippen LogP contribution in [0, 0.1) is 5.92 Å². The Morgan fingerprint density at radius 1 is 1.42 bits per heavy atom. The molecule has 0 aromatic rings. The van der Waals surface area contributed by atoms with Gasteiger partial charge in [0.2, 0.25) is 0 Å². The standard InChI is InChI=1S/C8H20O3P/c1-5-6-11-12(9,10-4)7-8(2)3/h8-9H,5-7H2,1-4H3/q+1. The first-order valence-corrected chi connectivity index (χ1v) is 6.11. The quantitative estimate of drug-likeness (QED) is 0.662. The van der Waals surface area contributed by atoms with E-state index in [0.29, 0.717) is 18.7 Å². The van der Waals surface area contributed by atoms with Gasteiger partial charge in [-0.25, -0.2) is 0 Å². The highest BCUT2D eigenvalue weighted by Crippen LogP contribution is 2.57. The van der Waals surface area contributed by atoms with E-state index in [-0.39, 0.29) is 0 Å². The molecular formula is C8H20O3P+. The Morgan fingerprint density at radius 3 is 2.33 bits per heavy atom. The van der Waals surface area contributed by atoms with E-state index in [0.717, 1.165) is 6.42 Å². The van der Waals surface area contributed by atoms with Crippen LogP contribution in [0.25, 0.3) is 0 Å². The van der Waals surface area contributed by atoms with E-state index >= 15 is 0 Å². The van der Waals surface area contributed by atoms with E-state index in [1.165, 1.54) is 7.11 Å². The molecule has 0 spiro atoms. The van der Waals surface area contributed by atoms with Crippen molar-refractivity contribution in [3.63, 3.8) is 0 Å². The fourth-order valence-electron chi connectivity index (χ4n) is 0.875. The molecule has 0 bridgehead atoms. The van der Waals surface area contributed by atoms with Crippen LogP contribution < -0.4 is 0 Å². The van der Waals surface area contributed by atoms with E-state index < -0.39 is 7.94 Å². The molecule has 12 heavy (non-hydrogen) atoms. The van der Waals surface area contributed by atoms with Crippen LogP contribution in [0.5, 0.6) is 0 Å². The second kappa shape index (κ2) is 5.87. The third kappa shape index (κ3) is 5.04. The molecule has 0 amide bonds. The predicted molar refractivity (Wildman–Crippen MR) is 52.1 cm³/mol. The second-order valence-electron chi connectivity index (χ2n) is 3.23. The molecule has 0 aromatic heterocycles. The molecule has 3 nitrogen and oxygen atoms in total. The molecule has 0 saturated heterocycles. The first-order chi connectivity index (χ1) is 5.54. The third-order valence-corrected chi connectivity index (χ3v) is 3.73. The molecule has 0 rings (SSSR count). The van der Waals surface area contributed by atoms with Crippen molar-refractivity contribution in [2.24, 2.45) is 5.92 Å². The van der Waals surface area contributed by atoms with E-state index in [1.807, 2.05) is 20.8 Å². The molecule has 0 aromatic carbocycles. The van der Waals surface area contributed by atoms with Gasteiger partial charge in [-0.1, -0.05) is 20.8 Å². The van der Waals surface area contributed by atoms with Crippen LogP contribution >= 0.6 is 7.94 Å². The number of hydrogen-bond donors (Lipinski definition) is 1. The van der Waals surface area contributed by atoms with Gasteiger partial charge in [0.25, 0.3) is 0 Å². The Hall–Kier alpha value is 0.310. The van der Waals surface area contributed by atoms with Crippen molar-refractivity contribution in [2.45, 2.75) is 27.2 Å². The topological polar surface area (TPSA) is 38.7 Å². The lowest BCUT2D eigenvalue weighted by atomic mass is 10.3. The van der Waals surface area contributed by atoms with Crippen molar-refractivity contribution in [1.82, 2.24) is 0 Å². The van der Waals surface area contributed by atoms with E-state index in [9.17, 15) is 4.89 Å². The zero-order valence-electron chi connectivity index (χ0n) is 8.41. The third-order valence-electron chi connectivity index (χ3n) is 1.38. The second-order valence-corrected chi connectivity index (χ2v) is 5.49. The maximum atomic E-state index is 9.79. The van der Waals surface area contributed by atoms with E-state index in [4.69, 9.17) is 9.05 Å². The lowest BCUT2D eigenvalue weighted by Gasteiger charge is -2.16. The summed E-state index contributed by atoms with van der Waals surface area (Å²) in [6, 6.07) is 0. The number of rotatable bonds is 6. The van der Waals surface area contributed by atoms with Gasteiger partial charge in [0.15, 0.2) is 0 Å². The summed E-state index contributed by atoms with van der Waals surface area (Å²) in [6.07, 6.45) is 1.52. The van der Waals surface area contributed by atoms with Crippen LogP contribution in [-0.2, 0) is 9.05 Å². The molecule has 0 saturated carbocycles. The SMILES string of the molecule is CCCO[P+](O)(CC(C)C)OC. The summed E-state index contributed by atoms with van der Waals surface area (Å²) in [7, 11) is -1.02. The fraction of sp³-hybridized carbons (Fsp3) is 1.00. The normalized spacial score (nSPS) is 16.5. The van der Waals surface area contributed by atoms with Gasteiger partial charge in [-0.05, 0) is 12.3 Å². The molecular weight excluding hydrogens is 175 g/mol. The largest absolute Gasteiger partial charge is 0.408 e. The van der Waals surface area contributed by atoms with Gasteiger partial charge < -0.3 is 0 Å². The molecule has 74 valence electrons. The average Bonchev–Trinajstić information content (AvgIpc) is 2.00. The zero-order chi connectivity index (χ0) is 9.61. The molecule has 1 N–H and O–H groups in total. The first-order valence-electron chi connectivity index (χ1n) is 4.35. The highest BCUT2D eigenvalue weighted by molar-refractivity contribution is 7.60. The van der Waals surface area contributed by atoms with Crippen molar-refractivity contribution in [3.8, 4) is 0 Å². The highest BCUT2D eigenvalue weighted by Gasteiger charge is 2.39. The Kier molecular flexibility index (Phi) is 6.02. The Morgan fingerprint density at radius 2 is 2.00 bits per heavy atom. The van der Waals surface area contributed by atoms with Gasteiger partial charge in [-0.2, -0.15) is 13.9 Å². The van der Waals surface area contributed by atoms with Gasteiger partial charge in [-0.3, -0.25) is 0 Å². The maximum Gasteiger partial charge on any atom is 0.408 e. The summed E-state index contributed by atoms with van der Waals surface area (Å²) >= 11 is 0. The number of hydrogen-bond acceptors (Lipinski definition) is 3. The molecule has 1 atom stereocenters. The summed E-state index contributed by atoms with van der Waals surface area (Å²) in [4.78, 5) is 9.79. The van der Waals surface area contributed by atoms with Crippen LogP contribution in [0.15, 0.2) is 0 Å². The smallest absolute Gasteiger partial charge is 0.193 e. The average molecular weight is 195 g/mol. The molecule has 4 heteroatoms. The monoisotopic (exact) mass is 195 g/mol. The summed E-state index contributed by atoms with van der Waals surface area (Å²) < 4.78 is 10.3. The molecule has 0 heterocycles. The van der Waals surface area contributed by atoms with E-state index in [2.05, 4.69) is 0 Å². The van der Waals surface area contributed by atoms with E-state index in [1.54, 1.807) is 0 Å². The highest BCUT2D eigenvalue weighted by atomic mass is 31.2. The molecule has 0 aliphatic heterocycles. The zero-order valence-corrected chi connectivity index (χ0v) is 9.30. The maximum absolute atomic E-state index is 9.79. The Balaban J connectivity index is 3.86. The van der Waals surface area contributed by atoms with Crippen LogP contribution in [-0.4, -0.2) is 24.8 Å². The molecule has 1 unspecified atom stereocenters. The van der Waals surface area contributed by atoms with Crippen LogP contribution in [0.2, 0.25) is 0 Å². The van der Waals surface area contributed by atoms with Gasteiger partial charge in [-0.15, -0.1) is 0 Å². The molecule has 0 aliphatic carbocycles. The van der Waals surface area contributed by atoms with Crippen molar-refractivity contribution < 1.29 is 13.9 Å². The van der Waals surface area contributed by atoms with Gasteiger partial charge >= 0.3 is 7.94 Å². The van der Waals surface area contributed by atoms with Crippen molar-refractivity contribution in [1.29, 1.82) is 0 Å². The van der Waals surface area contributed by atoms with Crippen LogP contribution in [0.1, 0.15) is 27.2 Å². The Labute approximate surface area is 75.7 Å². The molecule has 0 radical (unpaired) electrons. The summed E-state index contributed by atoms with van der Waals surface area (Å²) in [5, 5.41) is 0. The molecule has 0 fully saturated rings. The van der Waals surface area contributed by atoms with Gasteiger partial charge in [0.1, 0.15) is 6.16 Å². The van der Waals surface area contributed by atoms with Gasteiger partial charge in [0, 0.05) is 0 Å². The summed E-state index contributed by atoms with van der Waals surface area (Å²) in [5.41, 5.74) is 0. The van der Waals surface area contributed by atoms with Crippen LogP contribution in [0.3, 0.4) is 0 Å². The Bertz CT molecular complexity index is 119. The minimum atomic E-state index is -2.52. The summed E-state index contributed by atoms with van der Waals surface area (Å²) in [5.74, 6) is 0.403. The fourth-order valence-corrected chi connectivity index (χ4v) is 2.63.